The summed E-state index contributed by atoms with van der Waals surface area (Å²) in [6, 6.07) is 6.68. The summed E-state index contributed by atoms with van der Waals surface area (Å²) in [5.41, 5.74) is 0.262. The van der Waals surface area contributed by atoms with E-state index in [1.807, 2.05) is 0 Å². The largest absolute Gasteiger partial charge is 0.424 e. The molecule has 0 aliphatic carbocycles. The monoisotopic (exact) mass is 411 g/mol. The average molecular weight is 411 g/mol. The summed E-state index contributed by atoms with van der Waals surface area (Å²) in [4.78, 5) is 37.9. The van der Waals surface area contributed by atoms with Gasteiger partial charge >= 0.3 is 11.9 Å². The highest BCUT2D eigenvalue weighted by molar-refractivity contribution is 7.93. The first kappa shape index (κ1) is 20.3. The van der Waals surface area contributed by atoms with E-state index in [0.717, 1.165) is 4.90 Å². The van der Waals surface area contributed by atoms with Crippen molar-refractivity contribution in [2.75, 3.05) is 6.61 Å². The van der Waals surface area contributed by atoms with Crippen LogP contribution in [0.1, 0.15) is 31.1 Å². The first-order valence-corrected chi connectivity index (χ1v) is 10.2. The summed E-state index contributed by atoms with van der Waals surface area (Å²) < 4.78 is 34.1. The van der Waals surface area contributed by atoms with E-state index in [-0.39, 0.29) is 5.56 Å². The van der Waals surface area contributed by atoms with E-state index in [2.05, 4.69) is 0 Å². The van der Waals surface area contributed by atoms with E-state index in [1.165, 1.54) is 32.9 Å². The first-order chi connectivity index (χ1) is 13.0. The molecule has 0 radical (unpaired) electrons. The molecule has 1 aromatic carbocycles. The second kappa shape index (κ2) is 6.85. The lowest BCUT2D eigenvalue weighted by Gasteiger charge is -2.42. The molecule has 2 heterocycles. The molecule has 2 aliphatic heterocycles. The van der Waals surface area contributed by atoms with Gasteiger partial charge < -0.3 is 19.5 Å². The highest BCUT2D eigenvalue weighted by Crippen LogP contribution is 2.48. The lowest BCUT2D eigenvalue weighted by molar-refractivity contribution is -0.181. The topological polar surface area (TPSA) is 127 Å². The van der Waals surface area contributed by atoms with Gasteiger partial charge in [-0.15, -0.1) is 0 Å². The second-order valence-electron chi connectivity index (χ2n) is 7.25. The molecule has 2 fully saturated rings. The number of rotatable bonds is 5. The van der Waals surface area contributed by atoms with Gasteiger partial charge in [0.05, 0.1) is 22.8 Å². The highest BCUT2D eigenvalue weighted by Gasteiger charge is 2.72. The smallest absolute Gasteiger partial charge is 0.341 e. The second-order valence-corrected chi connectivity index (χ2v) is 9.88. The molecular formula is C18H21NO8S. The standard InChI is InChI=1S/C18H21NO8S/c1-10(26-16(22)11-7-5-4-6-8-11)27-17(23)13-18(2,3)28(24,25)15-12(9-20)14(21)19(13)15/h4-8,10,12-13,15,20H,9H2,1-3H3/t10-,12?,13?,15-/m1/s1. The Kier molecular flexibility index (Phi) is 4.96. The van der Waals surface area contributed by atoms with Gasteiger partial charge in [0, 0.05) is 6.92 Å². The normalized spacial score (nSPS) is 28.1. The van der Waals surface area contributed by atoms with Crippen molar-refractivity contribution in [3.8, 4) is 0 Å². The summed E-state index contributed by atoms with van der Waals surface area (Å²) in [5, 5.41) is 8.03. The molecule has 0 saturated carbocycles. The SMILES string of the molecule is C[C@H](OC(=O)c1ccccc1)OC(=O)C1N2C(=O)C(CO)[C@H]2S(=O)(=O)C1(C)C. The molecule has 0 aromatic heterocycles. The van der Waals surface area contributed by atoms with E-state index >= 15 is 0 Å². The fourth-order valence-electron chi connectivity index (χ4n) is 3.60. The Hall–Kier alpha value is -2.46. The van der Waals surface area contributed by atoms with Gasteiger partial charge in [-0.1, -0.05) is 18.2 Å². The van der Waals surface area contributed by atoms with Crippen molar-refractivity contribution >= 4 is 27.7 Å². The third kappa shape index (κ3) is 2.87. The van der Waals surface area contributed by atoms with Crippen molar-refractivity contribution in [2.24, 2.45) is 5.92 Å². The Balaban J connectivity index is 1.75. The number of benzene rings is 1. The Morgan fingerprint density at radius 2 is 1.82 bits per heavy atom. The lowest BCUT2D eigenvalue weighted by Crippen LogP contribution is -2.64. The molecule has 2 aliphatic rings. The molecule has 1 amide bonds. The molecule has 1 aromatic rings. The maximum Gasteiger partial charge on any atom is 0.341 e. The summed E-state index contributed by atoms with van der Waals surface area (Å²) in [6.07, 6.45) is -1.29. The van der Waals surface area contributed by atoms with Gasteiger partial charge in [-0.25, -0.2) is 18.0 Å². The van der Waals surface area contributed by atoms with Crippen molar-refractivity contribution in [1.29, 1.82) is 0 Å². The van der Waals surface area contributed by atoms with E-state index in [1.54, 1.807) is 18.2 Å². The summed E-state index contributed by atoms with van der Waals surface area (Å²) in [6.45, 7) is 3.35. The number of nitrogens with zero attached hydrogens (tertiary/aromatic N) is 1. The van der Waals surface area contributed by atoms with Crippen LogP contribution in [0.15, 0.2) is 30.3 Å². The first-order valence-electron chi connectivity index (χ1n) is 8.67. The van der Waals surface area contributed by atoms with Gasteiger partial charge in [-0.05, 0) is 26.0 Å². The maximum atomic E-state index is 12.8. The number of β-lactam (4-membered cyclic amide) rings is 1. The van der Waals surface area contributed by atoms with E-state index in [9.17, 15) is 27.9 Å². The zero-order chi connectivity index (χ0) is 20.9. The molecule has 152 valence electrons. The number of esters is 2. The highest BCUT2D eigenvalue weighted by atomic mass is 32.2. The minimum Gasteiger partial charge on any atom is -0.424 e. The van der Waals surface area contributed by atoms with Crippen LogP contribution < -0.4 is 0 Å². The molecule has 4 atom stereocenters. The van der Waals surface area contributed by atoms with Crippen LogP contribution in [0.25, 0.3) is 0 Å². The van der Waals surface area contributed by atoms with Gasteiger partial charge in [-0.2, -0.15) is 0 Å². The van der Waals surface area contributed by atoms with Gasteiger partial charge in [0.15, 0.2) is 9.84 Å². The van der Waals surface area contributed by atoms with Crippen LogP contribution in [0.5, 0.6) is 0 Å². The van der Waals surface area contributed by atoms with Gasteiger partial charge in [0.2, 0.25) is 12.2 Å². The van der Waals surface area contributed by atoms with Crippen molar-refractivity contribution in [1.82, 2.24) is 4.90 Å². The van der Waals surface area contributed by atoms with Crippen LogP contribution in [0, 0.1) is 5.92 Å². The molecule has 0 bridgehead atoms. The van der Waals surface area contributed by atoms with Crippen molar-refractivity contribution in [2.45, 2.75) is 43.2 Å². The summed E-state index contributed by atoms with van der Waals surface area (Å²) in [5.74, 6) is -3.42. The van der Waals surface area contributed by atoms with E-state index in [0.29, 0.717) is 0 Å². The molecule has 3 rings (SSSR count). The average Bonchev–Trinajstić information content (AvgIpc) is 2.77. The van der Waals surface area contributed by atoms with Crippen molar-refractivity contribution in [3.63, 3.8) is 0 Å². The number of ether oxygens (including phenoxy) is 2. The third-order valence-corrected chi connectivity index (χ3v) is 8.04. The molecule has 10 heteroatoms. The fraction of sp³-hybridized carbons (Fsp3) is 0.500. The van der Waals surface area contributed by atoms with Crippen LogP contribution in [-0.2, 0) is 28.9 Å². The number of carbonyl (C=O) groups is 3. The molecule has 2 saturated heterocycles. The van der Waals surface area contributed by atoms with Crippen LogP contribution in [0.4, 0.5) is 0 Å². The molecular weight excluding hydrogens is 390 g/mol. The van der Waals surface area contributed by atoms with Crippen molar-refractivity contribution < 1.29 is 37.4 Å². The van der Waals surface area contributed by atoms with Gasteiger partial charge in [0.25, 0.3) is 0 Å². The number of aliphatic hydroxyl groups is 1. The molecule has 1 N–H and O–H groups in total. The zero-order valence-electron chi connectivity index (χ0n) is 15.6. The fourth-order valence-corrected chi connectivity index (χ4v) is 5.91. The number of aliphatic hydroxyl groups excluding tert-OH is 1. The zero-order valence-corrected chi connectivity index (χ0v) is 16.4. The number of amides is 1. The Morgan fingerprint density at radius 3 is 2.39 bits per heavy atom. The van der Waals surface area contributed by atoms with E-state index < -0.39 is 62.7 Å². The minimum absolute atomic E-state index is 0.262. The number of hydrogen-bond donors (Lipinski definition) is 1. The third-order valence-electron chi connectivity index (χ3n) is 5.16. The predicted octanol–water partition coefficient (Wildman–Crippen LogP) is 0.0850. The van der Waals surface area contributed by atoms with Crippen molar-refractivity contribution in [3.05, 3.63) is 35.9 Å². The lowest BCUT2D eigenvalue weighted by atomic mass is 9.92. The molecule has 0 spiro atoms. The summed E-state index contributed by atoms with van der Waals surface area (Å²) >= 11 is 0. The summed E-state index contributed by atoms with van der Waals surface area (Å²) in [7, 11) is -3.92. The number of hydrogen-bond acceptors (Lipinski definition) is 8. The van der Waals surface area contributed by atoms with Crippen LogP contribution >= 0.6 is 0 Å². The molecule has 9 nitrogen and oxygen atoms in total. The number of carbonyl (C=O) groups excluding carboxylic acids is 3. The van der Waals surface area contributed by atoms with Gasteiger partial charge in [-0.3, -0.25) is 4.79 Å². The Labute approximate surface area is 162 Å². The van der Waals surface area contributed by atoms with E-state index in [4.69, 9.17) is 9.47 Å². The Bertz CT molecular complexity index is 911. The molecule has 2 unspecified atom stereocenters. The van der Waals surface area contributed by atoms with Gasteiger partial charge in [0.1, 0.15) is 11.4 Å². The number of sulfone groups is 1. The number of fused-ring (bicyclic) bond motifs is 1. The maximum absolute atomic E-state index is 12.8. The van der Waals surface area contributed by atoms with Crippen LogP contribution in [0.2, 0.25) is 0 Å². The Morgan fingerprint density at radius 1 is 1.21 bits per heavy atom. The predicted molar refractivity (Wildman–Crippen MR) is 95.4 cm³/mol. The molecule has 28 heavy (non-hydrogen) atoms. The van der Waals surface area contributed by atoms with Crippen LogP contribution in [-0.4, -0.2) is 65.3 Å². The minimum atomic E-state index is -3.92. The quantitative estimate of drug-likeness (QED) is 0.410. The van der Waals surface area contributed by atoms with Crippen LogP contribution in [0.3, 0.4) is 0 Å².